The second-order valence-corrected chi connectivity index (χ2v) is 7.95. The molecule has 2 atom stereocenters. The molecule has 2 fully saturated rings. The molecule has 2 aromatic rings. The molecule has 2 unspecified atom stereocenters. The van der Waals surface area contributed by atoms with Gasteiger partial charge in [0.1, 0.15) is 0 Å². The fraction of sp³-hybridized carbons (Fsp3) is 0.458. The normalized spacial score (nSPS) is 23.2. The third kappa shape index (κ3) is 5.10. The van der Waals surface area contributed by atoms with Crippen LogP contribution in [-0.4, -0.2) is 45.3 Å². The molecule has 4 rings (SSSR count). The Labute approximate surface area is 174 Å². The average Bonchev–Trinajstić information content (AvgIpc) is 3.27. The summed E-state index contributed by atoms with van der Waals surface area (Å²) in [6.07, 6.45) is 3.50. The minimum atomic E-state index is 0.177. The highest BCUT2D eigenvalue weighted by molar-refractivity contribution is 5.80. The molecule has 2 aromatic carbocycles. The first-order valence-corrected chi connectivity index (χ1v) is 10.8. The lowest BCUT2D eigenvalue weighted by Gasteiger charge is -2.34. The molecule has 0 saturated carbocycles. The van der Waals surface area contributed by atoms with E-state index in [1.54, 1.807) is 0 Å². The van der Waals surface area contributed by atoms with Crippen molar-refractivity contribution in [3.63, 3.8) is 0 Å². The van der Waals surface area contributed by atoms with Crippen molar-refractivity contribution in [3.05, 3.63) is 66.2 Å². The Balaban J connectivity index is 1.25. The quantitative estimate of drug-likeness (QED) is 0.603. The van der Waals surface area contributed by atoms with Gasteiger partial charge in [0.2, 0.25) is 0 Å². The molecule has 0 amide bonds. The molecular formula is C24H32N4O. The van der Waals surface area contributed by atoms with Gasteiger partial charge in [0.15, 0.2) is 5.96 Å². The Morgan fingerprint density at radius 1 is 1.00 bits per heavy atom. The summed E-state index contributed by atoms with van der Waals surface area (Å²) >= 11 is 0. The van der Waals surface area contributed by atoms with Crippen molar-refractivity contribution < 1.29 is 4.74 Å². The fourth-order valence-corrected chi connectivity index (χ4v) is 4.39. The number of guanidine groups is 1. The first kappa shape index (κ1) is 19.8. The van der Waals surface area contributed by atoms with E-state index in [2.05, 4.69) is 81.2 Å². The largest absolute Gasteiger partial charge is 0.373 e. The summed E-state index contributed by atoms with van der Waals surface area (Å²) in [4.78, 5) is 6.93. The average molecular weight is 393 g/mol. The van der Waals surface area contributed by atoms with Crippen molar-refractivity contribution in [1.82, 2.24) is 10.6 Å². The van der Waals surface area contributed by atoms with Crippen LogP contribution in [0.2, 0.25) is 0 Å². The zero-order chi connectivity index (χ0) is 19.9. The summed E-state index contributed by atoms with van der Waals surface area (Å²) in [6.45, 7) is 3.86. The van der Waals surface area contributed by atoms with Crippen molar-refractivity contribution in [2.24, 2.45) is 10.9 Å². The number of rotatable bonds is 5. The molecule has 5 heteroatoms. The van der Waals surface area contributed by atoms with Crippen LogP contribution in [0.5, 0.6) is 0 Å². The van der Waals surface area contributed by atoms with Crippen LogP contribution in [0.25, 0.3) is 0 Å². The molecule has 2 N–H and O–H groups in total. The Bertz CT molecular complexity index is 772. The highest BCUT2D eigenvalue weighted by Gasteiger charge is 2.29. The van der Waals surface area contributed by atoms with Gasteiger partial charge in [0.25, 0.3) is 0 Å². The number of hydrogen-bond donors (Lipinski definition) is 2. The lowest BCUT2D eigenvalue weighted by atomic mass is 9.95. The number of piperidine rings is 1. The van der Waals surface area contributed by atoms with E-state index in [9.17, 15) is 0 Å². The van der Waals surface area contributed by atoms with Crippen molar-refractivity contribution >= 4 is 11.6 Å². The third-order valence-electron chi connectivity index (χ3n) is 6.05. The fourth-order valence-electron chi connectivity index (χ4n) is 4.39. The molecule has 0 spiro atoms. The van der Waals surface area contributed by atoms with Crippen LogP contribution in [0.15, 0.2) is 65.7 Å². The van der Waals surface area contributed by atoms with Gasteiger partial charge < -0.3 is 20.3 Å². The molecule has 29 heavy (non-hydrogen) atoms. The minimum Gasteiger partial charge on any atom is -0.373 e. The lowest BCUT2D eigenvalue weighted by molar-refractivity contribution is 0.0915. The second-order valence-electron chi connectivity index (χ2n) is 7.95. The Morgan fingerprint density at radius 2 is 1.69 bits per heavy atom. The number of benzene rings is 2. The van der Waals surface area contributed by atoms with E-state index in [-0.39, 0.29) is 6.10 Å². The van der Waals surface area contributed by atoms with E-state index < -0.39 is 0 Å². The van der Waals surface area contributed by atoms with Crippen LogP contribution < -0.4 is 15.5 Å². The van der Waals surface area contributed by atoms with Gasteiger partial charge >= 0.3 is 0 Å². The standard InChI is InChI=1S/C24H32N4O/c1-25-24(26-18-20-14-17-29-23(20)19-8-4-2-5-9-19)27-21-12-15-28(16-13-21)22-10-6-3-7-11-22/h2-11,20-21,23H,12-18H2,1H3,(H2,25,26,27). The zero-order valence-electron chi connectivity index (χ0n) is 17.3. The predicted molar refractivity (Wildman–Crippen MR) is 119 cm³/mol. The first-order chi connectivity index (χ1) is 14.3. The van der Waals surface area contributed by atoms with E-state index >= 15 is 0 Å². The number of para-hydroxylation sites is 1. The summed E-state index contributed by atoms with van der Waals surface area (Å²) < 4.78 is 6.02. The van der Waals surface area contributed by atoms with Gasteiger partial charge in [-0.3, -0.25) is 4.99 Å². The van der Waals surface area contributed by atoms with E-state index in [0.717, 1.165) is 51.5 Å². The number of aliphatic imine (C=N–C) groups is 1. The highest BCUT2D eigenvalue weighted by atomic mass is 16.5. The van der Waals surface area contributed by atoms with Gasteiger partial charge in [-0.1, -0.05) is 48.5 Å². The molecule has 2 aliphatic rings. The molecule has 5 nitrogen and oxygen atoms in total. The molecule has 154 valence electrons. The predicted octanol–water partition coefficient (Wildman–Crippen LogP) is 3.60. The van der Waals surface area contributed by atoms with Crippen LogP contribution in [0.4, 0.5) is 5.69 Å². The van der Waals surface area contributed by atoms with Crippen LogP contribution >= 0.6 is 0 Å². The minimum absolute atomic E-state index is 0.177. The van der Waals surface area contributed by atoms with Gasteiger partial charge in [0.05, 0.1) is 6.10 Å². The van der Waals surface area contributed by atoms with Crippen molar-refractivity contribution in [1.29, 1.82) is 0 Å². The zero-order valence-corrected chi connectivity index (χ0v) is 17.3. The maximum Gasteiger partial charge on any atom is 0.191 e. The molecule has 2 aliphatic heterocycles. The van der Waals surface area contributed by atoms with Gasteiger partial charge in [-0.15, -0.1) is 0 Å². The Hall–Kier alpha value is -2.53. The maximum absolute atomic E-state index is 6.02. The SMILES string of the molecule is CN=C(NCC1CCOC1c1ccccc1)NC1CCN(c2ccccc2)CC1. The summed E-state index contributed by atoms with van der Waals surface area (Å²) in [5.41, 5.74) is 2.59. The van der Waals surface area contributed by atoms with Crippen molar-refractivity contribution in [2.75, 3.05) is 38.2 Å². The summed E-state index contributed by atoms with van der Waals surface area (Å²) in [5.74, 6) is 1.37. The molecule has 0 bridgehead atoms. The maximum atomic E-state index is 6.02. The molecule has 0 aliphatic carbocycles. The van der Waals surface area contributed by atoms with Gasteiger partial charge in [-0.05, 0) is 37.0 Å². The monoisotopic (exact) mass is 392 g/mol. The van der Waals surface area contributed by atoms with Gasteiger partial charge in [-0.25, -0.2) is 0 Å². The summed E-state index contributed by atoms with van der Waals surface area (Å²) in [6, 6.07) is 21.7. The number of hydrogen-bond acceptors (Lipinski definition) is 3. The summed E-state index contributed by atoms with van der Waals surface area (Å²) in [7, 11) is 1.86. The van der Waals surface area contributed by atoms with Gasteiger partial charge in [-0.2, -0.15) is 0 Å². The first-order valence-electron chi connectivity index (χ1n) is 10.8. The topological polar surface area (TPSA) is 48.9 Å². The molecule has 0 radical (unpaired) electrons. The number of anilines is 1. The van der Waals surface area contributed by atoms with Crippen molar-refractivity contribution in [3.8, 4) is 0 Å². The highest BCUT2D eigenvalue weighted by Crippen LogP contribution is 2.33. The summed E-state index contributed by atoms with van der Waals surface area (Å²) in [5, 5.41) is 7.17. The lowest BCUT2D eigenvalue weighted by Crippen LogP contribution is -2.49. The van der Waals surface area contributed by atoms with Crippen LogP contribution in [0.3, 0.4) is 0 Å². The number of nitrogens with one attached hydrogen (secondary N) is 2. The molecule has 0 aromatic heterocycles. The molecular weight excluding hydrogens is 360 g/mol. The van der Waals surface area contributed by atoms with Crippen LogP contribution in [0.1, 0.15) is 30.9 Å². The third-order valence-corrected chi connectivity index (χ3v) is 6.05. The second kappa shape index (κ2) is 9.79. The Kier molecular flexibility index (Phi) is 6.67. The van der Waals surface area contributed by atoms with E-state index in [1.807, 2.05) is 7.05 Å². The van der Waals surface area contributed by atoms with E-state index in [0.29, 0.717) is 12.0 Å². The Morgan fingerprint density at radius 3 is 2.38 bits per heavy atom. The molecule has 2 saturated heterocycles. The number of nitrogens with zero attached hydrogens (tertiary/aromatic N) is 2. The van der Waals surface area contributed by atoms with E-state index in [4.69, 9.17) is 4.74 Å². The van der Waals surface area contributed by atoms with Crippen LogP contribution in [-0.2, 0) is 4.74 Å². The van der Waals surface area contributed by atoms with Gasteiger partial charge in [0, 0.05) is 50.9 Å². The van der Waals surface area contributed by atoms with E-state index in [1.165, 1.54) is 11.3 Å². The van der Waals surface area contributed by atoms with Crippen molar-refractivity contribution in [2.45, 2.75) is 31.4 Å². The molecule has 2 heterocycles. The number of ether oxygens (including phenoxy) is 1. The smallest absolute Gasteiger partial charge is 0.191 e. The van der Waals surface area contributed by atoms with Crippen LogP contribution in [0, 0.1) is 5.92 Å².